The Kier molecular flexibility index (Phi) is 4.89. The minimum atomic E-state index is -0.964. The second-order valence-electron chi connectivity index (χ2n) is 8.68. The number of hydrogen-bond donors (Lipinski definition) is 2. The summed E-state index contributed by atoms with van der Waals surface area (Å²) in [6.07, 6.45) is 12.1. The van der Waals surface area contributed by atoms with Crippen molar-refractivity contribution in [2.75, 3.05) is 6.54 Å². The molecule has 0 aromatic heterocycles. The van der Waals surface area contributed by atoms with Crippen LogP contribution in [0.1, 0.15) is 45.4 Å². The van der Waals surface area contributed by atoms with Crippen LogP contribution in [0.15, 0.2) is 35.6 Å². The molecule has 0 spiro atoms. The van der Waals surface area contributed by atoms with Gasteiger partial charge in [-0.15, -0.1) is 0 Å². The van der Waals surface area contributed by atoms with Crippen LogP contribution in [0, 0.1) is 29.1 Å². The SMILES string of the molecule is C[C@]12CC[C@H]3[C@@H](CC=C4C=C(OC(=O)NCCC(=O)O)C=C[C@@H]43)[C@@H]1CCC2=O. The molecule has 4 rings (SSSR count). The van der Waals surface area contributed by atoms with E-state index in [1.54, 1.807) is 0 Å². The number of hydrogen-bond acceptors (Lipinski definition) is 4. The molecule has 0 aromatic carbocycles. The highest BCUT2D eigenvalue weighted by Gasteiger charge is 2.55. The molecule has 5 atom stereocenters. The zero-order valence-electron chi connectivity index (χ0n) is 16.1. The first-order chi connectivity index (χ1) is 13.4. The number of carboxylic acid groups (broad SMARTS) is 1. The van der Waals surface area contributed by atoms with Gasteiger partial charge < -0.3 is 15.2 Å². The van der Waals surface area contributed by atoms with Crippen molar-refractivity contribution >= 4 is 17.8 Å². The molecule has 0 bridgehead atoms. The van der Waals surface area contributed by atoms with Crippen LogP contribution < -0.4 is 5.32 Å². The Morgan fingerprint density at radius 3 is 2.93 bits per heavy atom. The molecular weight excluding hydrogens is 358 g/mol. The van der Waals surface area contributed by atoms with Gasteiger partial charge in [-0.2, -0.15) is 0 Å². The predicted octanol–water partition coefficient (Wildman–Crippen LogP) is 3.60. The number of rotatable bonds is 4. The maximum absolute atomic E-state index is 12.4. The van der Waals surface area contributed by atoms with Crippen LogP contribution in [-0.2, 0) is 14.3 Å². The lowest BCUT2D eigenvalue weighted by Crippen LogP contribution is -2.45. The molecule has 2 saturated carbocycles. The Balaban J connectivity index is 1.43. The summed E-state index contributed by atoms with van der Waals surface area (Å²) in [6, 6.07) is 0. The summed E-state index contributed by atoms with van der Waals surface area (Å²) in [5.74, 6) is 1.88. The van der Waals surface area contributed by atoms with Crippen molar-refractivity contribution in [1.82, 2.24) is 5.32 Å². The highest BCUT2D eigenvalue weighted by molar-refractivity contribution is 5.87. The molecule has 0 aromatic rings. The van der Waals surface area contributed by atoms with Crippen molar-refractivity contribution in [3.8, 4) is 0 Å². The highest BCUT2D eigenvalue weighted by Crippen LogP contribution is 2.59. The Morgan fingerprint density at radius 1 is 1.32 bits per heavy atom. The van der Waals surface area contributed by atoms with E-state index in [-0.39, 0.29) is 18.4 Å². The summed E-state index contributed by atoms with van der Waals surface area (Å²) in [6.45, 7) is 2.22. The quantitative estimate of drug-likeness (QED) is 0.771. The van der Waals surface area contributed by atoms with Crippen molar-refractivity contribution in [2.45, 2.75) is 45.4 Å². The van der Waals surface area contributed by atoms with E-state index in [9.17, 15) is 14.4 Å². The van der Waals surface area contributed by atoms with Crippen molar-refractivity contribution in [3.05, 3.63) is 35.6 Å². The first kappa shape index (κ1) is 19.0. The minimum absolute atomic E-state index is 0.0408. The number of allylic oxidation sites excluding steroid dienone is 5. The van der Waals surface area contributed by atoms with Crippen molar-refractivity contribution < 1.29 is 24.2 Å². The zero-order chi connectivity index (χ0) is 19.9. The van der Waals surface area contributed by atoms with E-state index in [0.717, 1.165) is 32.1 Å². The molecule has 0 unspecified atom stereocenters. The average Bonchev–Trinajstić information content (AvgIpc) is 2.96. The monoisotopic (exact) mass is 385 g/mol. The Labute approximate surface area is 164 Å². The van der Waals surface area contributed by atoms with Crippen LogP contribution in [0.4, 0.5) is 4.79 Å². The van der Waals surface area contributed by atoms with Gasteiger partial charge in [-0.3, -0.25) is 9.59 Å². The molecular formula is C22H27NO5. The topological polar surface area (TPSA) is 92.7 Å². The second-order valence-corrected chi connectivity index (χ2v) is 8.68. The van der Waals surface area contributed by atoms with Crippen LogP contribution >= 0.6 is 0 Å². The Hall–Kier alpha value is -2.37. The van der Waals surface area contributed by atoms with Crippen molar-refractivity contribution in [1.29, 1.82) is 0 Å². The number of carboxylic acids is 1. The molecule has 28 heavy (non-hydrogen) atoms. The summed E-state index contributed by atoms with van der Waals surface area (Å²) >= 11 is 0. The first-order valence-corrected chi connectivity index (χ1v) is 10.2. The van der Waals surface area contributed by atoms with Gasteiger partial charge in [-0.1, -0.05) is 19.1 Å². The predicted molar refractivity (Wildman–Crippen MR) is 102 cm³/mol. The molecule has 150 valence electrons. The fourth-order valence-electron chi connectivity index (χ4n) is 5.83. The molecule has 4 aliphatic carbocycles. The third kappa shape index (κ3) is 3.29. The highest BCUT2D eigenvalue weighted by atomic mass is 16.6. The minimum Gasteiger partial charge on any atom is -0.481 e. The van der Waals surface area contributed by atoms with E-state index in [1.807, 2.05) is 12.2 Å². The normalized spacial score (nSPS) is 35.8. The number of fused-ring (bicyclic) bond motifs is 5. The van der Waals surface area contributed by atoms with E-state index in [1.165, 1.54) is 5.57 Å². The third-order valence-electron chi connectivity index (χ3n) is 7.27. The summed E-state index contributed by atoms with van der Waals surface area (Å²) in [4.78, 5) is 34.7. The first-order valence-electron chi connectivity index (χ1n) is 10.2. The van der Waals surface area contributed by atoms with Gasteiger partial charge in [0, 0.05) is 24.3 Å². The smallest absolute Gasteiger partial charge is 0.412 e. The molecule has 2 fully saturated rings. The standard InChI is InChI=1S/C22H27NO5/c1-22-10-8-16-15-5-3-14(28-21(27)23-11-9-20(25)26)12-13(15)2-4-17(16)18(22)6-7-19(22)24/h2-3,5,12,15-18H,4,6-11H2,1H3,(H,23,27)(H,25,26)/t15-,16+,17+,18-,22-/m0/s1. The Morgan fingerprint density at radius 2 is 2.14 bits per heavy atom. The zero-order valence-corrected chi connectivity index (χ0v) is 16.1. The third-order valence-corrected chi connectivity index (χ3v) is 7.27. The number of aliphatic carboxylic acids is 1. The number of Topliss-reactive ketones (excluding diaryl/α,β-unsaturated/α-hetero) is 1. The van der Waals surface area contributed by atoms with E-state index >= 15 is 0 Å². The fourth-order valence-corrected chi connectivity index (χ4v) is 5.83. The molecule has 1 amide bonds. The van der Waals surface area contributed by atoms with Gasteiger partial charge >= 0.3 is 12.1 Å². The van der Waals surface area contributed by atoms with Gasteiger partial charge in [-0.25, -0.2) is 4.79 Å². The van der Waals surface area contributed by atoms with Gasteiger partial charge in [-0.05, 0) is 61.2 Å². The molecule has 0 aliphatic heterocycles. The largest absolute Gasteiger partial charge is 0.481 e. The average molecular weight is 385 g/mol. The van der Waals surface area contributed by atoms with Crippen LogP contribution in [0.5, 0.6) is 0 Å². The van der Waals surface area contributed by atoms with Crippen LogP contribution in [0.3, 0.4) is 0 Å². The van der Waals surface area contributed by atoms with Gasteiger partial charge in [0.15, 0.2) is 0 Å². The lowest BCUT2D eigenvalue weighted by Gasteiger charge is -2.50. The Bertz CT molecular complexity index is 795. The molecule has 0 saturated heterocycles. The molecule has 6 heteroatoms. The lowest BCUT2D eigenvalue weighted by molar-refractivity contribution is -0.136. The van der Waals surface area contributed by atoms with Crippen molar-refractivity contribution in [2.24, 2.45) is 29.1 Å². The maximum Gasteiger partial charge on any atom is 0.412 e. The molecule has 6 nitrogen and oxygen atoms in total. The lowest BCUT2D eigenvalue weighted by atomic mass is 9.54. The summed E-state index contributed by atoms with van der Waals surface area (Å²) in [5.41, 5.74) is 1.06. The molecule has 0 radical (unpaired) electrons. The van der Waals surface area contributed by atoms with Crippen LogP contribution in [0.2, 0.25) is 0 Å². The molecule has 2 N–H and O–H groups in total. The number of ketones is 1. The summed E-state index contributed by atoms with van der Waals surface area (Å²) in [5, 5.41) is 11.1. The number of nitrogens with one attached hydrogen (secondary N) is 1. The number of alkyl carbamates (subject to hydrolysis) is 1. The van der Waals surface area contributed by atoms with E-state index < -0.39 is 12.1 Å². The van der Waals surface area contributed by atoms with Crippen LogP contribution in [0.25, 0.3) is 0 Å². The molecule has 0 heterocycles. The maximum atomic E-state index is 12.4. The van der Waals surface area contributed by atoms with Gasteiger partial charge in [0.05, 0.1) is 6.42 Å². The second kappa shape index (κ2) is 7.22. The van der Waals surface area contributed by atoms with E-state index in [0.29, 0.717) is 35.2 Å². The number of amides is 1. The number of ether oxygens (including phenoxy) is 1. The van der Waals surface area contributed by atoms with Crippen LogP contribution in [-0.4, -0.2) is 29.5 Å². The van der Waals surface area contributed by atoms with Gasteiger partial charge in [0.2, 0.25) is 0 Å². The van der Waals surface area contributed by atoms with Gasteiger partial charge in [0.25, 0.3) is 0 Å². The summed E-state index contributed by atoms with van der Waals surface area (Å²) in [7, 11) is 0. The van der Waals surface area contributed by atoms with Crippen molar-refractivity contribution in [3.63, 3.8) is 0 Å². The fraction of sp³-hybridized carbons (Fsp3) is 0.591. The van der Waals surface area contributed by atoms with E-state index in [4.69, 9.17) is 9.84 Å². The number of carbonyl (C=O) groups excluding carboxylic acids is 2. The van der Waals surface area contributed by atoms with E-state index in [2.05, 4.69) is 24.4 Å². The molecule has 4 aliphatic rings. The summed E-state index contributed by atoms with van der Waals surface area (Å²) < 4.78 is 5.30. The number of carbonyl (C=O) groups is 3. The van der Waals surface area contributed by atoms with Gasteiger partial charge in [0.1, 0.15) is 11.5 Å².